The van der Waals surface area contributed by atoms with Crippen LogP contribution in [0.1, 0.15) is 41.3 Å². The summed E-state index contributed by atoms with van der Waals surface area (Å²) < 4.78 is 0.553. The Balaban J connectivity index is 2.36. The van der Waals surface area contributed by atoms with E-state index in [9.17, 15) is 4.79 Å². The van der Waals surface area contributed by atoms with Gasteiger partial charge in [0.05, 0.1) is 5.56 Å². The van der Waals surface area contributed by atoms with Crippen molar-refractivity contribution < 1.29 is 4.79 Å². The van der Waals surface area contributed by atoms with Crippen LogP contribution in [0.15, 0.2) is 41.1 Å². The third-order valence-corrected chi connectivity index (χ3v) is 3.80. The van der Waals surface area contributed by atoms with Gasteiger partial charge in [0.1, 0.15) is 4.60 Å². The van der Waals surface area contributed by atoms with Crippen LogP contribution in [-0.2, 0) is 0 Å². The summed E-state index contributed by atoms with van der Waals surface area (Å²) in [5.74, 6) is 0.198. The summed E-state index contributed by atoms with van der Waals surface area (Å²) in [6, 6.07) is 9.56. The molecule has 1 aromatic heterocycles. The molecular formula is C16H17BrN2O. The highest BCUT2D eigenvalue weighted by molar-refractivity contribution is 9.10. The van der Waals surface area contributed by atoms with Crippen LogP contribution in [0.25, 0.3) is 0 Å². The van der Waals surface area contributed by atoms with Gasteiger partial charge in [0, 0.05) is 11.9 Å². The van der Waals surface area contributed by atoms with Crippen molar-refractivity contribution in [2.75, 3.05) is 5.32 Å². The summed E-state index contributed by atoms with van der Waals surface area (Å²) in [7, 11) is 0. The zero-order valence-electron chi connectivity index (χ0n) is 11.8. The molecule has 4 heteroatoms. The molecule has 0 aliphatic carbocycles. The Kier molecular flexibility index (Phi) is 4.55. The summed E-state index contributed by atoms with van der Waals surface area (Å²) in [6.45, 7) is 6.23. The van der Waals surface area contributed by atoms with Crippen molar-refractivity contribution in [2.24, 2.45) is 0 Å². The van der Waals surface area contributed by atoms with E-state index in [4.69, 9.17) is 0 Å². The number of amides is 1. The number of para-hydroxylation sites is 1. The molecule has 0 radical (unpaired) electrons. The molecule has 1 amide bonds. The molecular weight excluding hydrogens is 316 g/mol. The number of halogens is 1. The van der Waals surface area contributed by atoms with Crippen molar-refractivity contribution >= 4 is 27.5 Å². The monoisotopic (exact) mass is 332 g/mol. The summed E-state index contributed by atoms with van der Waals surface area (Å²) in [6.07, 6.45) is 1.65. The largest absolute Gasteiger partial charge is 0.321 e. The molecule has 2 aromatic rings. The minimum absolute atomic E-state index is 0.152. The van der Waals surface area contributed by atoms with Crippen molar-refractivity contribution in [3.63, 3.8) is 0 Å². The van der Waals surface area contributed by atoms with Crippen molar-refractivity contribution in [1.29, 1.82) is 0 Å². The first-order valence-electron chi connectivity index (χ1n) is 6.52. The van der Waals surface area contributed by atoms with Gasteiger partial charge in [-0.15, -0.1) is 0 Å². The maximum atomic E-state index is 12.4. The summed E-state index contributed by atoms with van der Waals surface area (Å²) in [4.78, 5) is 16.5. The molecule has 0 spiro atoms. The maximum Gasteiger partial charge on any atom is 0.258 e. The van der Waals surface area contributed by atoms with E-state index >= 15 is 0 Å². The number of anilines is 1. The van der Waals surface area contributed by atoms with Crippen molar-refractivity contribution in [2.45, 2.75) is 26.7 Å². The molecule has 1 N–H and O–H groups in total. The predicted molar refractivity (Wildman–Crippen MR) is 85.2 cm³/mol. The Labute approximate surface area is 127 Å². The average Bonchev–Trinajstić information content (AvgIpc) is 2.41. The second kappa shape index (κ2) is 6.18. The molecule has 0 saturated heterocycles. The highest BCUT2D eigenvalue weighted by atomic mass is 79.9. The fourth-order valence-corrected chi connectivity index (χ4v) is 2.51. The Bertz CT molecular complexity index is 638. The number of nitrogens with zero attached hydrogens (tertiary/aromatic N) is 1. The minimum atomic E-state index is -0.152. The summed E-state index contributed by atoms with van der Waals surface area (Å²) in [5.41, 5.74) is 3.62. The summed E-state index contributed by atoms with van der Waals surface area (Å²) in [5, 5.41) is 3.01. The van der Waals surface area contributed by atoms with E-state index in [2.05, 4.69) is 40.1 Å². The molecule has 0 aliphatic heterocycles. The molecule has 1 aromatic carbocycles. The Morgan fingerprint density at radius 2 is 2.00 bits per heavy atom. The average molecular weight is 333 g/mol. The molecule has 1 heterocycles. The van der Waals surface area contributed by atoms with Crippen LogP contribution in [0.2, 0.25) is 0 Å². The number of benzene rings is 1. The van der Waals surface area contributed by atoms with E-state index in [1.807, 2.05) is 25.1 Å². The fourth-order valence-electron chi connectivity index (χ4n) is 2.08. The van der Waals surface area contributed by atoms with Gasteiger partial charge in [-0.05, 0) is 52.0 Å². The number of hydrogen-bond acceptors (Lipinski definition) is 2. The van der Waals surface area contributed by atoms with E-state index in [0.29, 0.717) is 16.1 Å². The number of hydrogen-bond donors (Lipinski definition) is 1. The Hall–Kier alpha value is -1.68. The first-order chi connectivity index (χ1) is 9.50. The predicted octanol–water partition coefficient (Wildman–Crippen LogP) is 4.53. The molecule has 20 heavy (non-hydrogen) atoms. The molecule has 0 fully saturated rings. The number of aromatic nitrogens is 1. The van der Waals surface area contributed by atoms with E-state index in [1.165, 1.54) is 0 Å². The minimum Gasteiger partial charge on any atom is -0.321 e. The normalized spacial score (nSPS) is 10.7. The quantitative estimate of drug-likeness (QED) is 0.839. The maximum absolute atomic E-state index is 12.4. The highest BCUT2D eigenvalue weighted by Gasteiger charge is 2.15. The van der Waals surface area contributed by atoms with Crippen LogP contribution in [0.3, 0.4) is 0 Å². The van der Waals surface area contributed by atoms with Gasteiger partial charge in [0.15, 0.2) is 0 Å². The zero-order valence-corrected chi connectivity index (χ0v) is 13.4. The van der Waals surface area contributed by atoms with Gasteiger partial charge in [0.2, 0.25) is 0 Å². The topological polar surface area (TPSA) is 42.0 Å². The number of aryl methyl sites for hydroxylation is 1. The van der Waals surface area contributed by atoms with Crippen LogP contribution in [-0.4, -0.2) is 10.9 Å². The Morgan fingerprint density at radius 1 is 1.25 bits per heavy atom. The first-order valence-corrected chi connectivity index (χ1v) is 7.31. The lowest BCUT2D eigenvalue weighted by atomic mass is 9.98. The van der Waals surface area contributed by atoms with Crippen molar-refractivity contribution in [3.8, 4) is 0 Å². The molecule has 0 unspecified atom stereocenters. The molecule has 0 aliphatic rings. The van der Waals surface area contributed by atoms with E-state index in [0.717, 1.165) is 16.8 Å². The third-order valence-electron chi connectivity index (χ3n) is 3.17. The van der Waals surface area contributed by atoms with E-state index in [-0.39, 0.29) is 5.91 Å². The van der Waals surface area contributed by atoms with Crippen molar-refractivity contribution in [3.05, 3.63) is 57.8 Å². The van der Waals surface area contributed by atoms with Gasteiger partial charge in [-0.25, -0.2) is 4.98 Å². The molecule has 0 bridgehead atoms. The van der Waals surface area contributed by atoms with Gasteiger partial charge in [-0.2, -0.15) is 0 Å². The van der Waals surface area contributed by atoms with Crippen LogP contribution in [0.4, 0.5) is 5.69 Å². The third kappa shape index (κ3) is 3.07. The van der Waals surface area contributed by atoms with Crippen LogP contribution < -0.4 is 5.32 Å². The molecule has 3 nitrogen and oxygen atoms in total. The van der Waals surface area contributed by atoms with E-state index in [1.54, 1.807) is 18.3 Å². The van der Waals surface area contributed by atoms with Gasteiger partial charge in [0.25, 0.3) is 5.91 Å². The number of carbonyl (C=O) groups is 1. The lowest BCUT2D eigenvalue weighted by Gasteiger charge is -2.16. The van der Waals surface area contributed by atoms with Gasteiger partial charge in [-0.3, -0.25) is 4.79 Å². The Morgan fingerprint density at radius 3 is 2.65 bits per heavy atom. The summed E-state index contributed by atoms with van der Waals surface area (Å²) >= 11 is 3.30. The number of pyridine rings is 1. The zero-order chi connectivity index (χ0) is 14.7. The molecule has 0 saturated carbocycles. The molecule has 0 atom stereocenters. The first kappa shape index (κ1) is 14.7. The smallest absolute Gasteiger partial charge is 0.258 e. The fraction of sp³-hybridized carbons (Fsp3) is 0.250. The second-order valence-electron chi connectivity index (χ2n) is 4.99. The highest BCUT2D eigenvalue weighted by Crippen LogP contribution is 2.28. The van der Waals surface area contributed by atoms with Crippen LogP contribution in [0, 0.1) is 6.92 Å². The number of carbonyl (C=O) groups excluding carboxylic acids is 1. The van der Waals surface area contributed by atoms with Crippen LogP contribution >= 0.6 is 15.9 Å². The standard InChI is InChI=1S/C16H17BrN2O/c1-10(2)12-7-4-6-11(3)14(12)19-16(20)13-8-5-9-18-15(13)17/h4-10H,1-3H3,(H,19,20). The number of rotatable bonds is 3. The number of nitrogens with one attached hydrogen (secondary N) is 1. The lowest BCUT2D eigenvalue weighted by Crippen LogP contribution is -2.15. The lowest BCUT2D eigenvalue weighted by molar-refractivity contribution is 0.102. The van der Waals surface area contributed by atoms with Gasteiger partial charge >= 0.3 is 0 Å². The van der Waals surface area contributed by atoms with E-state index < -0.39 is 0 Å². The molecule has 2 rings (SSSR count). The van der Waals surface area contributed by atoms with Crippen molar-refractivity contribution in [1.82, 2.24) is 4.98 Å². The second-order valence-corrected chi connectivity index (χ2v) is 5.74. The molecule has 104 valence electrons. The SMILES string of the molecule is Cc1cccc(C(C)C)c1NC(=O)c1cccnc1Br. The van der Waals surface area contributed by atoms with Gasteiger partial charge < -0.3 is 5.32 Å². The van der Waals surface area contributed by atoms with Crippen LogP contribution in [0.5, 0.6) is 0 Å². The van der Waals surface area contributed by atoms with Gasteiger partial charge in [-0.1, -0.05) is 32.0 Å².